The van der Waals surface area contributed by atoms with Crippen LogP contribution in [0.15, 0.2) is 0 Å². The van der Waals surface area contributed by atoms with Gasteiger partial charge in [-0.2, -0.15) is 0 Å². The molecule has 0 aromatic carbocycles. The predicted molar refractivity (Wildman–Crippen MR) is 67.8 cm³/mol. The molecule has 2 saturated heterocycles. The number of hydrogen-bond donors (Lipinski definition) is 2. The van der Waals surface area contributed by atoms with Crippen molar-refractivity contribution < 1.29 is 0 Å². The lowest BCUT2D eigenvalue weighted by Gasteiger charge is -2.23. The molecule has 2 heterocycles. The molecule has 0 amide bonds. The first kappa shape index (κ1) is 12.3. The van der Waals surface area contributed by atoms with Gasteiger partial charge < -0.3 is 20.4 Å². The van der Waals surface area contributed by atoms with Crippen LogP contribution >= 0.6 is 0 Å². The molecule has 0 saturated carbocycles. The molecule has 94 valence electrons. The van der Waals surface area contributed by atoms with E-state index in [-0.39, 0.29) is 0 Å². The highest BCUT2D eigenvalue weighted by Gasteiger charge is 2.19. The average molecular weight is 226 g/mol. The van der Waals surface area contributed by atoms with E-state index >= 15 is 0 Å². The molecule has 0 aromatic heterocycles. The van der Waals surface area contributed by atoms with Crippen LogP contribution in [0.25, 0.3) is 0 Å². The van der Waals surface area contributed by atoms with Gasteiger partial charge in [0.2, 0.25) is 0 Å². The Morgan fingerprint density at radius 2 is 1.25 bits per heavy atom. The summed E-state index contributed by atoms with van der Waals surface area (Å²) in [6.07, 6.45) is 0. The summed E-state index contributed by atoms with van der Waals surface area (Å²) >= 11 is 0. The fourth-order valence-corrected chi connectivity index (χ4v) is 2.71. The third-order valence-corrected chi connectivity index (χ3v) is 3.56. The minimum absolute atomic E-state index is 0.809. The smallest absolute Gasteiger partial charge is 0.0110 e. The van der Waals surface area contributed by atoms with E-state index in [4.69, 9.17) is 0 Å². The molecule has 2 unspecified atom stereocenters. The number of nitrogens with one attached hydrogen (secondary N) is 2. The van der Waals surface area contributed by atoms with Gasteiger partial charge in [-0.05, 0) is 5.92 Å². The van der Waals surface area contributed by atoms with Crippen molar-refractivity contribution in [1.29, 1.82) is 0 Å². The molecule has 4 heteroatoms. The van der Waals surface area contributed by atoms with Gasteiger partial charge in [-0.15, -0.1) is 0 Å². The van der Waals surface area contributed by atoms with Crippen LogP contribution in [-0.4, -0.2) is 75.2 Å². The molecule has 4 nitrogen and oxygen atoms in total. The summed E-state index contributed by atoms with van der Waals surface area (Å²) in [5.74, 6) is 0.809. The summed E-state index contributed by atoms with van der Waals surface area (Å²) < 4.78 is 0. The van der Waals surface area contributed by atoms with Crippen molar-refractivity contribution >= 4 is 0 Å². The highest BCUT2D eigenvalue weighted by molar-refractivity contribution is 4.75. The van der Waals surface area contributed by atoms with Crippen molar-refractivity contribution in [3.05, 3.63) is 0 Å². The largest absolute Gasteiger partial charge is 0.314 e. The maximum Gasteiger partial charge on any atom is 0.0110 e. The summed E-state index contributed by atoms with van der Waals surface area (Å²) in [6, 6.07) is 0. The van der Waals surface area contributed by atoms with Crippen molar-refractivity contribution in [1.82, 2.24) is 20.4 Å². The van der Waals surface area contributed by atoms with Crippen LogP contribution in [0.2, 0.25) is 0 Å². The highest BCUT2D eigenvalue weighted by atomic mass is 15.2. The predicted octanol–water partition coefficient (Wildman–Crippen LogP) is -0.567. The third-order valence-electron chi connectivity index (χ3n) is 3.56. The first-order valence-electron chi connectivity index (χ1n) is 6.71. The van der Waals surface area contributed by atoms with E-state index < -0.39 is 0 Å². The second-order valence-corrected chi connectivity index (χ2v) is 5.21. The molecule has 2 aliphatic heterocycles. The van der Waals surface area contributed by atoms with Gasteiger partial charge in [0.25, 0.3) is 0 Å². The molecule has 2 N–H and O–H groups in total. The minimum atomic E-state index is 0.809. The van der Waals surface area contributed by atoms with E-state index in [1.807, 2.05) is 0 Å². The van der Waals surface area contributed by atoms with E-state index in [0.717, 1.165) is 32.1 Å². The molecular weight excluding hydrogens is 200 g/mol. The average Bonchev–Trinajstić information content (AvgIpc) is 2.41. The van der Waals surface area contributed by atoms with Crippen molar-refractivity contribution in [2.45, 2.75) is 6.92 Å². The summed E-state index contributed by atoms with van der Waals surface area (Å²) in [5.41, 5.74) is 0. The lowest BCUT2D eigenvalue weighted by Crippen LogP contribution is -2.41. The number of rotatable bonds is 0. The van der Waals surface area contributed by atoms with Crippen LogP contribution in [0, 0.1) is 5.92 Å². The van der Waals surface area contributed by atoms with Crippen LogP contribution in [0.5, 0.6) is 0 Å². The van der Waals surface area contributed by atoms with Gasteiger partial charge in [0.05, 0.1) is 0 Å². The molecule has 16 heavy (non-hydrogen) atoms. The molecular formula is C12H26N4. The normalized spacial score (nSPS) is 38.4. The molecule has 0 aromatic rings. The van der Waals surface area contributed by atoms with E-state index in [1.165, 1.54) is 39.3 Å². The Balaban J connectivity index is 1.89. The Hall–Kier alpha value is -0.160. The number of hydrogen-bond acceptors (Lipinski definition) is 4. The molecule has 0 radical (unpaired) electrons. The molecule has 2 fully saturated rings. The zero-order chi connectivity index (χ0) is 11.2. The molecule has 0 spiro atoms. The number of fused-ring (bicyclic) bond motifs is 3. The van der Waals surface area contributed by atoms with Gasteiger partial charge in [0.15, 0.2) is 0 Å². The van der Waals surface area contributed by atoms with E-state index in [1.54, 1.807) is 0 Å². The van der Waals surface area contributed by atoms with Crippen LogP contribution in [0.4, 0.5) is 0 Å². The highest BCUT2D eigenvalue weighted by Crippen LogP contribution is 2.08. The number of nitrogens with zero attached hydrogens (tertiary/aromatic N) is 2. The second-order valence-electron chi connectivity index (χ2n) is 5.21. The first-order chi connectivity index (χ1) is 7.84. The SMILES string of the molecule is CC1CN2CCNCCNCCN(CC2)C1. The molecule has 2 aliphatic rings. The second kappa shape index (κ2) is 6.55. The third kappa shape index (κ3) is 4.01. The van der Waals surface area contributed by atoms with E-state index in [9.17, 15) is 0 Å². The lowest BCUT2D eigenvalue weighted by molar-refractivity contribution is 0.252. The zero-order valence-corrected chi connectivity index (χ0v) is 10.5. The van der Waals surface area contributed by atoms with Crippen molar-refractivity contribution in [2.75, 3.05) is 65.4 Å². The Labute approximate surface area is 99.4 Å². The van der Waals surface area contributed by atoms with Gasteiger partial charge in [-0.1, -0.05) is 6.92 Å². The van der Waals surface area contributed by atoms with Gasteiger partial charge >= 0.3 is 0 Å². The fraction of sp³-hybridized carbons (Fsp3) is 1.00. The molecule has 2 rings (SSSR count). The van der Waals surface area contributed by atoms with E-state index in [2.05, 4.69) is 27.4 Å². The van der Waals surface area contributed by atoms with Crippen molar-refractivity contribution in [3.63, 3.8) is 0 Å². The summed E-state index contributed by atoms with van der Waals surface area (Å²) in [5, 5.41) is 7.00. The fourth-order valence-electron chi connectivity index (χ4n) is 2.71. The molecule has 2 atom stereocenters. The first-order valence-corrected chi connectivity index (χ1v) is 6.71. The van der Waals surface area contributed by atoms with Gasteiger partial charge in [-0.25, -0.2) is 0 Å². The standard InChI is InChI=1S/C12H26N4/c1-12-10-15-6-4-13-2-3-14-5-7-16(11-12)9-8-15/h12-14H,2-11H2,1H3. The molecule has 2 bridgehead atoms. The Morgan fingerprint density at radius 3 is 1.75 bits per heavy atom. The van der Waals surface area contributed by atoms with Crippen LogP contribution < -0.4 is 10.6 Å². The Kier molecular flexibility index (Phi) is 5.03. The van der Waals surface area contributed by atoms with Crippen LogP contribution in [-0.2, 0) is 0 Å². The van der Waals surface area contributed by atoms with Gasteiger partial charge in [-0.3, -0.25) is 0 Å². The monoisotopic (exact) mass is 226 g/mol. The van der Waals surface area contributed by atoms with Gasteiger partial charge in [0.1, 0.15) is 0 Å². The molecule has 0 aliphatic carbocycles. The van der Waals surface area contributed by atoms with Crippen LogP contribution in [0.1, 0.15) is 6.92 Å². The Morgan fingerprint density at radius 1 is 0.750 bits per heavy atom. The van der Waals surface area contributed by atoms with Crippen molar-refractivity contribution in [3.8, 4) is 0 Å². The van der Waals surface area contributed by atoms with Crippen molar-refractivity contribution in [2.24, 2.45) is 5.92 Å². The van der Waals surface area contributed by atoms with Crippen LogP contribution in [0.3, 0.4) is 0 Å². The maximum atomic E-state index is 3.50. The summed E-state index contributed by atoms with van der Waals surface area (Å²) in [4.78, 5) is 5.24. The quantitative estimate of drug-likeness (QED) is 0.579. The minimum Gasteiger partial charge on any atom is -0.314 e. The summed E-state index contributed by atoms with van der Waals surface area (Å²) in [7, 11) is 0. The lowest BCUT2D eigenvalue weighted by atomic mass is 10.1. The topological polar surface area (TPSA) is 30.5 Å². The van der Waals surface area contributed by atoms with Gasteiger partial charge in [0, 0.05) is 65.4 Å². The van der Waals surface area contributed by atoms with E-state index in [0.29, 0.717) is 0 Å². The maximum absolute atomic E-state index is 3.50. The Bertz CT molecular complexity index is 177. The zero-order valence-electron chi connectivity index (χ0n) is 10.5. The summed E-state index contributed by atoms with van der Waals surface area (Å²) in [6.45, 7) is 14.3.